The fraction of sp³-hybridized carbons (Fsp3) is 0.0833. The van der Waals surface area contributed by atoms with E-state index in [9.17, 15) is 18.0 Å². The van der Waals surface area contributed by atoms with E-state index in [0.717, 1.165) is 12.1 Å². The van der Waals surface area contributed by atoms with E-state index in [4.69, 9.17) is 5.11 Å². The number of aromatic carboxylic acids is 1. The molecule has 17 heavy (non-hydrogen) atoms. The largest absolute Gasteiger partial charge is 0.478 e. The standard InChI is InChI=1S/C12H7F3O2/c13-12(14,15)8-5-4-7-2-1-3-9(11(16)17)10(7)6-8/h1-6H,(H,16,17). The van der Waals surface area contributed by atoms with E-state index in [1.807, 2.05) is 0 Å². The summed E-state index contributed by atoms with van der Waals surface area (Å²) in [4.78, 5) is 10.9. The first-order valence-electron chi connectivity index (χ1n) is 4.73. The Bertz CT molecular complexity index is 588. The van der Waals surface area contributed by atoms with Crippen LogP contribution in [0.25, 0.3) is 10.8 Å². The molecule has 0 saturated heterocycles. The van der Waals surface area contributed by atoms with Gasteiger partial charge in [0.05, 0.1) is 11.1 Å². The van der Waals surface area contributed by atoms with E-state index >= 15 is 0 Å². The van der Waals surface area contributed by atoms with Crippen molar-refractivity contribution in [3.8, 4) is 0 Å². The van der Waals surface area contributed by atoms with Crippen molar-refractivity contribution < 1.29 is 23.1 Å². The maximum absolute atomic E-state index is 12.5. The molecule has 0 fully saturated rings. The van der Waals surface area contributed by atoms with E-state index in [0.29, 0.717) is 5.39 Å². The Kier molecular flexibility index (Phi) is 2.53. The van der Waals surface area contributed by atoms with Crippen molar-refractivity contribution in [2.45, 2.75) is 6.18 Å². The van der Waals surface area contributed by atoms with Gasteiger partial charge in [-0.25, -0.2) is 4.79 Å². The predicted molar refractivity (Wildman–Crippen MR) is 55.9 cm³/mol. The summed E-state index contributed by atoms with van der Waals surface area (Å²) in [7, 11) is 0. The zero-order chi connectivity index (χ0) is 12.6. The SMILES string of the molecule is O=C(O)c1cccc2ccc(C(F)(F)F)cc12. The maximum Gasteiger partial charge on any atom is 0.416 e. The quantitative estimate of drug-likeness (QED) is 0.827. The smallest absolute Gasteiger partial charge is 0.416 e. The molecule has 0 spiro atoms. The molecule has 0 unspecified atom stereocenters. The molecule has 0 aliphatic carbocycles. The molecule has 0 radical (unpaired) electrons. The molecule has 0 bridgehead atoms. The zero-order valence-corrected chi connectivity index (χ0v) is 8.45. The van der Waals surface area contributed by atoms with Gasteiger partial charge in [-0.2, -0.15) is 13.2 Å². The first kappa shape index (κ1) is 11.4. The number of fused-ring (bicyclic) bond motifs is 1. The summed E-state index contributed by atoms with van der Waals surface area (Å²) in [6.07, 6.45) is -4.47. The van der Waals surface area contributed by atoms with Gasteiger partial charge in [-0.05, 0) is 29.0 Å². The molecule has 0 aliphatic heterocycles. The average molecular weight is 240 g/mol. The van der Waals surface area contributed by atoms with Gasteiger partial charge >= 0.3 is 12.1 Å². The zero-order valence-electron chi connectivity index (χ0n) is 8.45. The summed E-state index contributed by atoms with van der Waals surface area (Å²) in [6, 6.07) is 7.42. The van der Waals surface area contributed by atoms with Gasteiger partial charge in [-0.15, -0.1) is 0 Å². The molecule has 0 heterocycles. The highest BCUT2D eigenvalue weighted by atomic mass is 19.4. The molecule has 88 valence electrons. The lowest BCUT2D eigenvalue weighted by Crippen LogP contribution is -2.05. The second-order valence-corrected chi connectivity index (χ2v) is 3.54. The van der Waals surface area contributed by atoms with E-state index in [1.54, 1.807) is 6.07 Å². The van der Waals surface area contributed by atoms with Crippen LogP contribution >= 0.6 is 0 Å². The van der Waals surface area contributed by atoms with E-state index in [1.165, 1.54) is 18.2 Å². The van der Waals surface area contributed by atoms with Crippen LogP contribution in [0.2, 0.25) is 0 Å². The third-order valence-electron chi connectivity index (χ3n) is 2.44. The van der Waals surface area contributed by atoms with E-state index < -0.39 is 17.7 Å². The minimum Gasteiger partial charge on any atom is -0.478 e. The Balaban J connectivity index is 2.75. The summed E-state index contributed by atoms with van der Waals surface area (Å²) in [5, 5.41) is 9.46. The van der Waals surface area contributed by atoms with Crippen LogP contribution < -0.4 is 0 Å². The fourth-order valence-electron chi connectivity index (χ4n) is 1.64. The normalized spacial score (nSPS) is 11.7. The Labute approximate surface area is 94.3 Å². The maximum atomic E-state index is 12.5. The molecule has 5 heteroatoms. The molecular formula is C12H7F3O2. The first-order chi connectivity index (χ1) is 7.89. The van der Waals surface area contributed by atoms with Gasteiger partial charge in [0.15, 0.2) is 0 Å². The van der Waals surface area contributed by atoms with Crippen LogP contribution in [0.5, 0.6) is 0 Å². The third-order valence-corrected chi connectivity index (χ3v) is 2.44. The number of carbonyl (C=O) groups is 1. The monoisotopic (exact) mass is 240 g/mol. The number of carboxylic acids is 1. The van der Waals surface area contributed by atoms with Gasteiger partial charge in [0.2, 0.25) is 0 Å². The van der Waals surface area contributed by atoms with Crippen LogP contribution in [0.3, 0.4) is 0 Å². The van der Waals surface area contributed by atoms with Gasteiger partial charge < -0.3 is 5.11 Å². The Morgan fingerprint density at radius 2 is 1.82 bits per heavy atom. The van der Waals surface area contributed by atoms with Crippen molar-refractivity contribution in [2.24, 2.45) is 0 Å². The second kappa shape index (κ2) is 3.76. The summed E-state index contributed by atoms with van der Waals surface area (Å²) < 4.78 is 37.5. The number of benzene rings is 2. The van der Waals surface area contributed by atoms with Gasteiger partial charge in [0.25, 0.3) is 0 Å². The lowest BCUT2D eigenvalue weighted by Gasteiger charge is -2.09. The number of hydrogen-bond donors (Lipinski definition) is 1. The van der Waals surface area contributed by atoms with Crippen LogP contribution in [-0.4, -0.2) is 11.1 Å². The summed E-state index contributed by atoms with van der Waals surface area (Å²) in [6.45, 7) is 0. The first-order valence-corrected chi connectivity index (χ1v) is 4.73. The summed E-state index contributed by atoms with van der Waals surface area (Å²) in [5.41, 5.74) is -0.979. The van der Waals surface area contributed by atoms with Crippen molar-refractivity contribution in [3.05, 3.63) is 47.5 Å². The molecule has 2 nitrogen and oxygen atoms in total. The Morgan fingerprint density at radius 1 is 1.12 bits per heavy atom. The van der Waals surface area contributed by atoms with Crippen molar-refractivity contribution in [3.63, 3.8) is 0 Å². The number of halogens is 3. The fourth-order valence-corrected chi connectivity index (χ4v) is 1.64. The van der Waals surface area contributed by atoms with E-state index in [2.05, 4.69) is 0 Å². The van der Waals surface area contributed by atoms with Crippen molar-refractivity contribution in [1.82, 2.24) is 0 Å². The molecule has 1 N–H and O–H groups in total. The van der Waals surface area contributed by atoms with Crippen LogP contribution in [0.4, 0.5) is 13.2 Å². The highest BCUT2D eigenvalue weighted by Crippen LogP contribution is 2.32. The lowest BCUT2D eigenvalue weighted by molar-refractivity contribution is -0.137. The predicted octanol–water partition coefficient (Wildman–Crippen LogP) is 3.56. The minimum absolute atomic E-state index is 0.0924. The van der Waals surface area contributed by atoms with Crippen LogP contribution in [-0.2, 0) is 6.18 Å². The molecule has 2 aromatic carbocycles. The summed E-state index contributed by atoms with van der Waals surface area (Å²) in [5.74, 6) is -1.24. The molecular weight excluding hydrogens is 233 g/mol. The number of carboxylic acid groups (broad SMARTS) is 1. The molecule has 2 rings (SSSR count). The second-order valence-electron chi connectivity index (χ2n) is 3.54. The van der Waals surface area contributed by atoms with E-state index in [-0.39, 0.29) is 10.9 Å². The van der Waals surface area contributed by atoms with Crippen LogP contribution in [0.1, 0.15) is 15.9 Å². The van der Waals surface area contributed by atoms with Gasteiger partial charge in [-0.3, -0.25) is 0 Å². The van der Waals surface area contributed by atoms with Crippen LogP contribution in [0.15, 0.2) is 36.4 Å². The molecule has 0 aliphatic rings. The number of hydrogen-bond acceptors (Lipinski definition) is 1. The Hall–Kier alpha value is -2.04. The molecule has 0 aromatic heterocycles. The number of rotatable bonds is 1. The van der Waals surface area contributed by atoms with Gasteiger partial charge in [-0.1, -0.05) is 18.2 Å². The van der Waals surface area contributed by atoms with Gasteiger partial charge in [0, 0.05) is 0 Å². The third kappa shape index (κ3) is 2.08. The van der Waals surface area contributed by atoms with Crippen molar-refractivity contribution >= 4 is 16.7 Å². The highest BCUT2D eigenvalue weighted by molar-refractivity contribution is 6.03. The lowest BCUT2D eigenvalue weighted by atomic mass is 10.0. The topological polar surface area (TPSA) is 37.3 Å². The molecule has 0 atom stereocenters. The molecule has 0 amide bonds. The highest BCUT2D eigenvalue weighted by Gasteiger charge is 2.30. The molecule has 2 aromatic rings. The van der Waals surface area contributed by atoms with Crippen molar-refractivity contribution in [1.29, 1.82) is 0 Å². The summed E-state index contributed by atoms with van der Waals surface area (Å²) >= 11 is 0. The minimum atomic E-state index is -4.47. The van der Waals surface area contributed by atoms with Crippen molar-refractivity contribution in [2.75, 3.05) is 0 Å². The average Bonchev–Trinajstić information content (AvgIpc) is 2.26. The molecule has 0 saturated carbocycles. The van der Waals surface area contributed by atoms with Gasteiger partial charge in [0.1, 0.15) is 0 Å². The van der Waals surface area contributed by atoms with Crippen LogP contribution in [0, 0.1) is 0 Å². The Morgan fingerprint density at radius 3 is 2.41 bits per heavy atom. The number of alkyl halides is 3.